The maximum Gasteiger partial charge on any atom is 0.270 e. The fourth-order valence-electron chi connectivity index (χ4n) is 2.92. The number of fused-ring (bicyclic) bond motifs is 1. The Morgan fingerprint density at radius 1 is 1.29 bits per heavy atom. The SMILES string of the molecule is COc1ccc2cc(C(=O)N(Cc3ccccn3)C3CC3)[nH]c2c1. The third-order valence-corrected chi connectivity index (χ3v) is 4.37. The van der Waals surface area contributed by atoms with Crippen LogP contribution >= 0.6 is 0 Å². The number of nitrogens with one attached hydrogen (secondary N) is 1. The van der Waals surface area contributed by atoms with Gasteiger partial charge < -0.3 is 14.6 Å². The van der Waals surface area contributed by atoms with Gasteiger partial charge in [-0.3, -0.25) is 9.78 Å². The Hall–Kier alpha value is -2.82. The molecule has 0 bridgehead atoms. The number of hydrogen-bond donors (Lipinski definition) is 1. The molecule has 5 nitrogen and oxygen atoms in total. The molecule has 1 N–H and O–H groups in total. The molecule has 1 amide bonds. The highest BCUT2D eigenvalue weighted by atomic mass is 16.5. The highest BCUT2D eigenvalue weighted by Gasteiger charge is 2.33. The lowest BCUT2D eigenvalue weighted by Gasteiger charge is -2.21. The Morgan fingerprint density at radius 3 is 2.88 bits per heavy atom. The summed E-state index contributed by atoms with van der Waals surface area (Å²) in [6, 6.07) is 13.8. The van der Waals surface area contributed by atoms with Crippen LogP contribution in [0.15, 0.2) is 48.7 Å². The van der Waals surface area contributed by atoms with E-state index in [-0.39, 0.29) is 5.91 Å². The molecule has 0 radical (unpaired) electrons. The van der Waals surface area contributed by atoms with Gasteiger partial charge in [-0.1, -0.05) is 6.07 Å². The lowest BCUT2D eigenvalue weighted by molar-refractivity contribution is 0.0722. The van der Waals surface area contributed by atoms with E-state index < -0.39 is 0 Å². The molecule has 2 heterocycles. The van der Waals surface area contributed by atoms with Gasteiger partial charge in [0.1, 0.15) is 11.4 Å². The Balaban J connectivity index is 1.62. The maximum atomic E-state index is 13.0. The molecule has 0 unspecified atom stereocenters. The van der Waals surface area contributed by atoms with E-state index in [9.17, 15) is 4.79 Å². The molecule has 1 aliphatic rings. The van der Waals surface area contributed by atoms with Gasteiger partial charge >= 0.3 is 0 Å². The molecule has 1 aliphatic carbocycles. The number of aromatic nitrogens is 2. The van der Waals surface area contributed by atoms with E-state index in [1.165, 1.54) is 0 Å². The number of pyridine rings is 1. The maximum absolute atomic E-state index is 13.0. The molecule has 1 fully saturated rings. The summed E-state index contributed by atoms with van der Waals surface area (Å²) < 4.78 is 5.24. The van der Waals surface area contributed by atoms with Crippen LogP contribution in [0.25, 0.3) is 10.9 Å². The Bertz CT molecular complexity index is 869. The van der Waals surface area contributed by atoms with E-state index in [4.69, 9.17) is 4.74 Å². The highest BCUT2D eigenvalue weighted by molar-refractivity contribution is 5.98. The summed E-state index contributed by atoms with van der Waals surface area (Å²) in [5.41, 5.74) is 2.43. The summed E-state index contributed by atoms with van der Waals surface area (Å²) in [4.78, 5) is 22.5. The predicted molar refractivity (Wildman–Crippen MR) is 92.0 cm³/mol. The Labute approximate surface area is 140 Å². The fourth-order valence-corrected chi connectivity index (χ4v) is 2.92. The van der Waals surface area contributed by atoms with Gasteiger partial charge in [-0.15, -0.1) is 0 Å². The van der Waals surface area contributed by atoms with Gasteiger partial charge in [0.05, 0.1) is 19.3 Å². The second-order valence-corrected chi connectivity index (χ2v) is 6.12. The summed E-state index contributed by atoms with van der Waals surface area (Å²) in [5.74, 6) is 0.800. The van der Waals surface area contributed by atoms with Gasteiger partial charge in [-0.2, -0.15) is 0 Å². The van der Waals surface area contributed by atoms with E-state index >= 15 is 0 Å². The van der Waals surface area contributed by atoms with E-state index in [1.807, 2.05) is 47.4 Å². The number of methoxy groups -OCH3 is 1. The Morgan fingerprint density at radius 2 is 2.17 bits per heavy atom. The number of amides is 1. The molecule has 3 aromatic rings. The number of ether oxygens (including phenoxy) is 1. The number of benzene rings is 1. The molecule has 0 spiro atoms. The molecule has 4 rings (SSSR count). The average Bonchev–Trinajstić information content (AvgIpc) is 3.37. The van der Waals surface area contributed by atoms with Crippen LogP contribution < -0.4 is 4.74 Å². The first-order valence-electron chi connectivity index (χ1n) is 8.12. The van der Waals surface area contributed by atoms with Crippen LogP contribution in [0.3, 0.4) is 0 Å². The standard InChI is InChI=1S/C19H19N3O2/c1-24-16-8-5-13-10-18(21-17(13)11-16)19(23)22(15-6-7-15)12-14-4-2-3-9-20-14/h2-5,8-11,15,21H,6-7,12H2,1H3. The zero-order chi connectivity index (χ0) is 16.5. The van der Waals surface area contributed by atoms with Crippen molar-refractivity contribution >= 4 is 16.8 Å². The van der Waals surface area contributed by atoms with Crippen LogP contribution in [0.5, 0.6) is 5.75 Å². The predicted octanol–water partition coefficient (Wildman–Crippen LogP) is 3.38. The molecule has 24 heavy (non-hydrogen) atoms. The van der Waals surface area contributed by atoms with Crippen molar-refractivity contribution in [2.45, 2.75) is 25.4 Å². The topological polar surface area (TPSA) is 58.2 Å². The minimum atomic E-state index is 0.0262. The molecule has 0 aliphatic heterocycles. The molecule has 5 heteroatoms. The number of rotatable bonds is 5. The molecular weight excluding hydrogens is 302 g/mol. The number of hydrogen-bond acceptors (Lipinski definition) is 3. The number of nitrogens with zero attached hydrogens (tertiary/aromatic N) is 2. The molecular formula is C19H19N3O2. The molecule has 2 aromatic heterocycles. The van der Waals surface area contributed by atoms with Crippen molar-refractivity contribution in [1.29, 1.82) is 0 Å². The van der Waals surface area contributed by atoms with E-state index in [2.05, 4.69) is 9.97 Å². The van der Waals surface area contributed by atoms with E-state index in [0.717, 1.165) is 35.2 Å². The summed E-state index contributed by atoms with van der Waals surface area (Å²) >= 11 is 0. The van der Waals surface area contributed by atoms with E-state index in [0.29, 0.717) is 18.3 Å². The van der Waals surface area contributed by atoms with Crippen LogP contribution in [-0.4, -0.2) is 33.9 Å². The Kier molecular flexibility index (Phi) is 3.69. The van der Waals surface area contributed by atoms with Crippen LogP contribution in [0.4, 0.5) is 0 Å². The van der Waals surface area contributed by atoms with Crippen molar-refractivity contribution in [3.05, 3.63) is 60.0 Å². The van der Waals surface area contributed by atoms with E-state index in [1.54, 1.807) is 13.3 Å². The van der Waals surface area contributed by atoms with Crippen molar-refractivity contribution in [3.8, 4) is 5.75 Å². The lowest BCUT2D eigenvalue weighted by atomic mass is 10.2. The smallest absolute Gasteiger partial charge is 0.270 e. The number of H-pyrrole nitrogens is 1. The monoisotopic (exact) mass is 321 g/mol. The quantitative estimate of drug-likeness (QED) is 0.784. The van der Waals surface area contributed by atoms with Crippen LogP contribution in [0, 0.1) is 0 Å². The molecule has 1 aromatic carbocycles. The zero-order valence-corrected chi connectivity index (χ0v) is 13.5. The van der Waals surface area contributed by atoms with Crippen molar-refractivity contribution in [2.75, 3.05) is 7.11 Å². The minimum Gasteiger partial charge on any atom is -0.497 e. The van der Waals surface area contributed by atoms with Crippen LogP contribution in [0.2, 0.25) is 0 Å². The van der Waals surface area contributed by atoms with Crippen molar-refractivity contribution < 1.29 is 9.53 Å². The summed E-state index contributed by atoms with van der Waals surface area (Å²) in [6.07, 6.45) is 3.89. The largest absolute Gasteiger partial charge is 0.497 e. The normalized spacial score (nSPS) is 13.9. The second kappa shape index (κ2) is 6.00. The minimum absolute atomic E-state index is 0.0262. The van der Waals surface area contributed by atoms with Crippen LogP contribution in [-0.2, 0) is 6.54 Å². The second-order valence-electron chi connectivity index (χ2n) is 6.12. The summed E-state index contributed by atoms with van der Waals surface area (Å²) in [6.45, 7) is 0.545. The van der Waals surface area contributed by atoms with Gasteiger partial charge in [0.15, 0.2) is 0 Å². The van der Waals surface area contributed by atoms with Gasteiger partial charge in [-0.05, 0) is 43.2 Å². The lowest BCUT2D eigenvalue weighted by Crippen LogP contribution is -2.33. The first-order valence-corrected chi connectivity index (χ1v) is 8.12. The van der Waals surface area contributed by atoms with Crippen molar-refractivity contribution in [3.63, 3.8) is 0 Å². The average molecular weight is 321 g/mol. The molecule has 1 saturated carbocycles. The first kappa shape index (κ1) is 14.8. The number of carbonyl (C=O) groups is 1. The zero-order valence-electron chi connectivity index (χ0n) is 13.5. The van der Waals surface area contributed by atoms with Gasteiger partial charge in [0.25, 0.3) is 5.91 Å². The first-order chi connectivity index (χ1) is 11.7. The third-order valence-electron chi connectivity index (χ3n) is 4.37. The van der Waals surface area contributed by atoms with Gasteiger partial charge in [0.2, 0.25) is 0 Å². The summed E-state index contributed by atoms with van der Waals surface area (Å²) in [5, 5.41) is 1.01. The van der Waals surface area contributed by atoms with Gasteiger partial charge in [0, 0.05) is 29.2 Å². The van der Waals surface area contributed by atoms with Gasteiger partial charge in [-0.25, -0.2) is 0 Å². The fraction of sp³-hybridized carbons (Fsp3) is 0.263. The molecule has 0 atom stereocenters. The van der Waals surface area contributed by atoms with Crippen molar-refractivity contribution in [1.82, 2.24) is 14.9 Å². The number of carbonyl (C=O) groups excluding carboxylic acids is 1. The third kappa shape index (κ3) is 2.85. The summed E-state index contributed by atoms with van der Waals surface area (Å²) in [7, 11) is 1.64. The highest BCUT2D eigenvalue weighted by Crippen LogP contribution is 2.30. The van der Waals surface area contributed by atoms with Crippen molar-refractivity contribution in [2.24, 2.45) is 0 Å². The number of aromatic amines is 1. The molecule has 122 valence electrons. The molecule has 0 saturated heterocycles. The van der Waals surface area contributed by atoms with Crippen LogP contribution in [0.1, 0.15) is 29.0 Å².